The first-order valence-corrected chi connectivity index (χ1v) is 8.20. The van der Waals surface area contributed by atoms with Gasteiger partial charge in [0.15, 0.2) is 5.78 Å². The Morgan fingerprint density at radius 3 is 2.56 bits per heavy atom. The molecule has 0 saturated carbocycles. The van der Waals surface area contributed by atoms with Crippen LogP contribution in [0.15, 0.2) is 48.5 Å². The molecular formula is C20H17FN2O2. The summed E-state index contributed by atoms with van der Waals surface area (Å²) >= 11 is 0. The lowest BCUT2D eigenvalue weighted by molar-refractivity contribution is 0.0963. The number of fused-ring (bicyclic) bond motifs is 1. The highest BCUT2D eigenvalue weighted by Crippen LogP contribution is 2.38. The van der Waals surface area contributed by atoms with Gasteiger partial charge in [0, 0.05) is 12.3 Å². The van der Waals surface area contributed by atoms with Crippen LogP contribution < -0.4 is 0 Å². The highest BCUT2D eigenvalue weighted by Gasteiger charge is 2.33. The molecule has 0 amide bonds. The molecular weight excluding hydrogens is 319 g/mol. The topological polar surface area (TPSA) is 55.1 Å². The monoisotopic (exact) mass is 336 g/mol. The maximum atomic E-state index is 13.2. The van der Waals surface area contributed by atoms with Gasteiger partial charge >= 0.3 is 0 Å². The Hall–Kier alpha value is -2.95. The summed E-state index contributed by atoms with van der Waals surface area (Å²) in [6.07, 6.45) is 0.942. The second-order valence-electron chi connectivity index (χ2n) is 6.38. The van der Waals surface area contributed by atoms with Crippen molar-refractivity contribution in [2.45, 2.75) is 25.7 Å². The summed E-state index contributed by atoms with van der Waals surface area (Å²) in [6, 6.07) is 13.2. The van der Waals surface area contributed by atoms with E-state index in [0.29, 0.717) is 24.1 Å². The van der Waals surface area contributed by atoms with E-state index in [0.717, 1.165) is 16.9 Å². The molecule has 1 aliphatic rings. The van der Waals surface area contributed by atoms with E-state index >= 15 is 0 Å². The highest BCUT2D eigenvalue weighted by atomic mass is 19.1. The van der Waals surface area contributed by atoms with Crippen molar-refractivity contribution in [3.63, 3.8) is 0 Å². The Balaban J connectivity index is 1.81. The molecule has 0 saturated heterocycles. The minimum absolute atomic E-state index is 0.0281. The molecule has 25 heavy (non-hydrogen) atoms. The number of aryl methyl sites for hydroxylation is 1. The first kappa shape index (κ1) is 15.6. The number of Topliss-reactive ketones (excluding diaryl/α,β-unsaturated/α-hetero) is 1. The average Bonchev–Trinajstić information content (AvgIpc) is 2.93. The molecule has 0 bridgehead atoms. The van der Waals surface area contributed by atoms with Crippen molar-refractivity contribution in [2.24, 2.45) is 0 Å². The molecule has 5 heteroatoms. The van der Waals surface area contributed by atoms with Gasteiger partial charge in [0.05, 0.1) is 22.6 Å². The molecule has 1 aromatic heterocycles. The second-order valence-corrected chi connectivity index (χ2v) is 6.38. The van der Waals surface area contributed by atoms with E-state index in [2.05, 4.69) is 5.10 Å². The van der Waals surface area contributed by atoms with E-state index in [1.807, 2.05) is 19.1 Å². The maximum absolute atomic E-state index is 13.2. The van der Waals surface area contributed by atoms with Crippen molar-refractivity contribution in [3.8, 4) is 11.4 Å². The number of phenols is 1. The van der Waals surface area contributed by atoms with Crippen molar-refractivity contribution < 1.29 is 14.3 Å². The molecule has 1 aliphatic carbocycles. The summed E-state index contributed by atoms with van der Waals surface area (Å²) in [6.45, 7) is 1.82. The third-order valence-corrected chi connectivity index (χ3v) is 4.75. The fraction of sp³-hybridized carbons (Fsp3) is 0.200. The highest BCUT2D eigenvalue weighted by molar-refractivity contribution is 6.00. The SMILES string of the molecule is Cc1nn(-c2ccc(F)cc2)c2c1C(=O)C[C@H](c1ccccc1O)C2. The minimum Gasteiger partial charge on any atom is -0.508 e. The van der Waals surface area contributed by atoms with Crippen LogP contribution >= 0.6 is 0 Å². The van der Waals surface area contributed by atoms with Crippen molar-refractivity contribution >= 4 is 5.78 Å². The van der Waals surface area contributed by atoms with Crippen molar-refractivity contribution in [1.29, 1.82) is 0 Å². The van der Waals surface area contributed by atoms with Gasteiger partial charge in [-0.2, -0.15) is 5.10 Å². The molecule has 4 nitrogen and oxygen atoms in total. The number of carbonyl (C=O) groups is 1. The molecule has 0 spiro atoms. The van der Waals surface area contributed by atoms with E-state index in [1.54, 1.807) is 28.9 Å². The number of halogens is 1. The predicted octanol–water partition coefficient (Wildman–Crippen LogP) is 3.94. The third kappa shape index (κ3) is 2.61. The van der Waals surface area contributed by atoms with Crippen LogP contribution in [0.1, 0.15) is 39.6 Å². The number of carbonyl (C=O) groups excluding carboxylic acids is 1. The van der Waals surface area contributed by atoms with E-state index in [4.69, 9.17) is 0 Å². The Labute approximate surface area is 144 Å². The van der Waals surface area contributed by atoms with Crippen LogP contribution in [0.25, 0.3) is 5.69 Å². The molecule has 1 atom stereocenters. The third-order valence-electron chi connectivity index (χ3n) is 4.75. The van der Waals surface area contributed by atoms with Crippen LogP contribution in [0.3, 0.4) is 0 Å². The molecule has 3 aromatic rings. The number of hydrogen-bond donors (Lipinski definition) is 1. The second kappa shape index (κ2) is 5.84. The van der Waals surface area contributed by atoms with E-state index < -0.39 is 0 Å². The maximum Gasteiger partial charge on any atom is 0.167 e. The minimum atomic E-state index is -0.315. The van der Waals surface area contributed by atoms with Crippen LogP contribution in [0.2, 0.25) is 0 Å². The largest absolute Gasteiger partial charge is 0.508 e. The lowest BCUT2D eigenvalue weighted by Crippen LogP contribution is -2.20. The normalized spacial score (nSPS) is 16.7. The van der Waals surface area contributed by atoms with Crippen LogP contribution in [-0.4, -0.2) is 20.7 Å². The zero-order valence-electron chi connectivity index (χ0n) is 13.7. The lowest BCUT2D eigenvalue weighted by Gasteiger charge is -2.23. The van der Waals surface area contributed by atoms with Crippen molar-refractivity contribution in [2.75, 3.05) is 0 Å². The van der Waals surface area contributed by atoms with E-state index in [-0.39, 0.29) is 23.3 Å². The number of aromatic hydroxyl groups is 1. The van der Waals surface area contributed by atoms with Gasteiger partial charge in [-0.1, -0.05) is 18.2 Å². The Bertz CT molecular complexity index is 960. The van der Waals surface area contributed by atoms with Gasteiger partial charge in [0.1, 0.15) is 11.6 Å². The number of benzene rings is 2. The molecule has 0 unspecified atom stereocenters. The molecule has 126 valence electrons. The fourth-order valence-corrected chi connectivity index (χ4v) is 3.61. The number of ketones is 1. The Kier molecular flexibility index (Phi) is 3.64. The summed E-state index contributed by atoms with van der Waals surface area (Å²) in [7, 11) is 0. The van der Waals surface area contributed by atoms with Gasteiger partial charge in [-0.05, 0) is 49.2 Å². The molecule has 1 N–H and O–H groups in total. The van der Waals surface area contributed by atoms with E-state index in [1.165, 1.54) is 12.1 Å². The fourth-order valence-electron chi connectivity index (χ4n) is 3.61. The van der Waals surface area contributed by atoms with Gasteiger partial charge < -0.3 is 5.11 Å². The number of nitrogens with zero attached hydrogens (tertiary/aromatic N) is 2. The summed E-state index contributed by atoms with van der Waals surface area (Å²) in [5.41, 5.74) is 3.63. The summed E-state index contributed by atoms with van der Waals surface area (Å²) in [4.78, 5) is 12.7. The summed E-state index contributed by atoms with van der Waals surface area (Å²) in [5.74, 6) is -0.185. The Morgan fingerprint density at radius 1 is 1.12 bits per heavy atom. The Morgan fingerprint density at radius 2 is 1.84 bits per heavy atom. The number of para-hydroxylation sites is 1. The van der Waals surface area contributed by atoms with Crippen LogP contribution in [0.5, 0.6) is 5.75 Å². The average molecular weight is 336 g/mol. The van der Waals surface area contributed by atoms with E-state index in [9.17, 15) is 14.3 Å². The predicted molar refractivity (Wildman–Crippen MR) is 91.8 cm³/mol. The molecule has 0 aliphatic heterocycles. The zero-order valence-corrected chi connectivity index (χ0v) is 13.7. The number of aromatic nitrogens is 2. The summed E-state index contributed by atoms with van der Waals surface area (Å²) < 4.78 is 14.9. The molecule has 0 radical (unpaired) electrons. The van der Waals surface area contributed by atoms with Gasteiger partial charge in [-0.25, -0.2) is 9.07 Å². The standard InChI is InChI=1S/C20H17FN2O2/c1-12-20-17(23(22-12)15-8-6-14(21)7-9-15)10-13(11-19(20)25)16-4-2-3-5-18(16)24/h2-9,13,24H,10-11H2,1H3/t13-/m1/s1. The number of rotatable bonds is 2. The van der Waals surface area contributed by atoms with Crippen LogP contribution in [0.4, 0.5) is 4.39 Å². The van der Waals surface area contributed by atoms with Gasteiger partial charge in [0.25, 0.3) is 0 Å². The molecule has 2 aromatic carbocycles. The molecule has 4 rings (SSSR count). The number of hydrogen-bond acceptors (Lipinski definition) is 3. The number of phenolic OH excluding ortho intramolecular Hbond substituents is 1. The quantitative estimate of drug-likeness (QED) is 0.771. The zero-order chi connectivity index (χ0) is 17.6. The van der Waals surface area contributed by atoms with Gasteiger partial charge in [-0.3, -0.25) is 4.79 Å². The van der Waals surface area contributed by atoms with Crippen molar-refractivity contribution in [3.05, 3.63) is 76.9 Å². The van der Waals surface area contributed by atoms with Crippen molar-refractivity contribution in [1.82, 2.24) is 9.78 Å². The first-order chi connectivity index (χ1) is 12.0. The van der Waals surface area contributed by atoms with Gasteiger partial charge in [-0.15, -0.1) is 0 Å². The molecule has 0 fully saturated rings. The first-order valence-electron chi connectivity index (χ1n) is 8.20. The van der Waals surface area contributed by atoms with Gasteiger partial charge in [0.2, 0.25) is 0 Å². The van der Waals surface area contributed by atoms with Crippen LogP contribution in [0, 0.1) is 12.7 Å². The lowest BCUT2D eigenvalue weighted by atomic mass is 9.81. The summed E-state index contributed by atoms with van der Waals surface area (Å²) in [5, 5.41) is 14.6. The smallest absolute Gasteiger partial charge is 0.167 e. The van der Waals surface area contributed by atoms with Crippen LogP contribution in [-0.2, 0) is 6.42 Å². The molecule has 1 heterocycles.